The van der Waals surface area contributed by atoms with Crippen molar-refractivity contribution in [2.75, 3.05) is 0 Å². The number of hydrogen-bond acceptors (Lipinski definition) is 2. The van der Waals surface area contributed by atoms with Crippen LogP contribution in [0.4, 0.5) is 0 Å². The average Bonchev–Trinajstić information content (AvgIpc) is 2.14. The number of allylic oxidation sites excluding steroid dienone is 1. The van der Waals surface area contributed by atoms with Crippen molar-refractivity contribution in [1.29, 1.82) is 0 Å². The number of carbonyl (C=O) groups is 1. The molecule has 0 aliphatic heterocycles. The van der Waals surface area contributed by atoms with E-state index in [0.717, 1.165) is 17.7 Å². The van der Waals surface area contributed by atoms with E-state index < -0.39 is 0 Å². The zero-order valence-corrected chi connectivity index (χ0v) is 7.79. The molecule has 0 fully saturated rings. The van der Waals surface area contributed by atoms with E-state index in [0.29, 0.717) is 6.42 Å². The summed E-state index contributed by atoms with van der Waals surface area (Å²) in [4.78, 5) is 15.5. The van der Waals surface area contributed by atoms with E-state index in [1.54, 1.807) is 18.3 Å². The lowest BCUT2D eigenvalue weighted by Crippen LogP contribution is -1.99. The molecule has 68 valence electrons. The van der Waals surface area contributed by atoms with Gasteiger partial charge in [0.2, 0.25) is 0 Å². The Morgan fingerprint density at radius 2 is 2.46 bits per heavy atom. The van der Waals surface area contributed by atoms with Crippen LogP contribution in [0.1, 0.15) is 28.9 Å². The van der Waals surface area contributed by atoms with E-state index in [2.05, 4.69) is 11.6 Å². The van der Waals surface area contributed by atoms with Crippen molar-refractivity contribution in [3.63, 3.8) is 0 Å². The number of aryl methyl sites for hydroxylation is 1. The van der Waals surface area contributed by atoms with E-state index in [4.69, 9.17) is 0 Å². The van der Waals surface area contributed by atoms with Crippen LogP contribution in [-0.4, -0.2) is 10.8 Å². The average molecular weight is 175 g/mol. The summed E-state index contributed by atoms with van der Waals surface area (Å²) in [6.45, 7) is 5.46. The van der Waals surface area contributed by atoms with E-state index in [1.807, 2.05) is 13.0 Å². The van der Waals surface area contributed by atoms with Crippen molar-refractivity contribution in [3.05, 3.63) is 42.2 Å². The summed E-state index contributed by atoms with van der Waals surface area (Å²) in [5.41, 5.74) is 1.62. The van der Waals surface area contributed by atoms with Gasteiger partial charge in [-0.05, 0) is 25.5 Å². The van der Waals surface area contributed by atoms with Crippen LogP contribution in [-0.2, 0) is 0 Å². The lowest BCUT2D eigenvalue weighted by atomic mass is 10.1. The van der Waals surface area contributed by atoms with E-state index in [9.17, 15) is 4.79 Å². The second kappa shape index (κ2) is 4.55. The summed E-state index contributed by atoms with van der Waals surface area (Å²) in [5.74, 6) is 0.158. The molecule has 0 bridgehead atoms. The van der Waals surface area contributed by atoms with Gasteiger partial charge in [0.15, 0.2) is 5.78 Å². The molecule has 0 saturated heterocycles. The summed E-state index contributed by atoms with van der Waals surface area (Å²) in [5, 5.41) is 0. The fourth-order valence-corrected chi connectivity index (χ4v) is 1.10. The monoisotopic (exact) mass is 175 g/mol. The van der Waals surface area contributed by atoms with Gasteiger partial charge in [-0.2, -0.15) is 0 Å². The maximum absolute atomic E-state index is 11.5. The molecule has 2 nitrogen and oxygen atoms in total. The smallest absolute Gasteiger partial charge is 0.163 e. The number of ketones is 1. The molecule has 13 heavy (non-hydrogen) atoms. The highest BCUT2D eigenvalue weighted by atomic mass is 16.1. The Hall–Kier alpha value is -1.44. The second-order valence-electron chi connectivity index (χ2n) is 2.94. The molecule has 2 heteroatoms. The van der Waals surface area contributed by atoms with Gasteiger partial charge in [0.25, 0.3) is 0 Å². The van der Waals surface area contributed by atoms with Crippen molar-refractivity contribution < 1.29 is 4.79 Å². The van der Waals surface area contributed by atoms with Gasteiger partial charge < -0.3 is 0 Å². The molecule has 0 radical (unpaired) electrons. The van der Waals surface area contributed by atoms with E-state index >= 15 is 0 Å². The first-order valence-corrected chi connectivity index (χ1v) is 4.31. The molecule has 0 aromatic carbocycles. The maximum Gasteiger partial charge on any atom is 0.163 e. The fourth-order valence-electron chi connectivity index (χ4n) is 1.10. The predicted molar refractivity (Wildman–Crippen MR) is 52.7 cm³/mol. The maximum atomic E-state index is 11.5. The molecule has 0 aliphatic carbocycles. The zero-order chi connectivity index (χ0) is 9.68. The van der Waals surface area contributed by atoms with Crippen LogP contribution >= 0.6 is 0 Å². The van der Waals surface area contributed by atoms with E-state index in [-0.39, 0.29) is 5.78 Å². The number of carbonyl (C=O) groups excluding carboxylic acids is 1. The summed E-state index contributed by atoms with van der Waals surface area (Å²) < 4.78 is 0. The second-order valence-corrected chi connectivity index (χ2v) is 2.94. The van der Waals surface area contributed by atoms with Crippen LogP contribution < -0.4 is 0 Å². The van der Waals surface area contributed by atoms with Crippen LogP contribution in [0.5, 0.6) is 0 Å². The van der Waals surface area contributed by atoms with Gasteiger partial charge >= 0.3 is 0 Å². The van der Waals surface area contributed by atoms with Gasteiger partial charge in [-0.3, -0.25) is 9.78 Å². The number of aromatic nitrogens is 1. The van der Waals surface area contributed by atoms with Gasteiger partial charge in [0, 0.05) is 23.9 Å². The number of nitrogens with zero attached hydrogens (tertiary/aromatic N) is 1. The zero-order valence-electron chi connectivity index (χ0n) is 7.79. The lowest BCUT2D eigenvalue weighted by molar-refractivity contribution is 0.0983. The molecule has 1 aromatic heterocycles. The Labute approximate surface area is 78.3 Å². The highest BCUT2D eigenvalue weighted by molar-refractivity contribution is 5.96. The van der Waals surface area contributed by atoms with Crippen molar-refractivity contribution in [2.24, 2.45) is 0 Å². The van der Waals surface area contributed by atoms with Crippen LogP contribution in [0.15, 0.2) is 31.0 Å². The number of Topliss-reactive ketones (excluding diaryl/α,β-unsaturated/α-hetero) is 1. The normalized spacial score (nSPS) is 9.62. The molecule has 1 rings (SSSR count). The SMILES string of the molecule is C=CCCC(=O)c1ccnc(C)c1. The highest BCUT2D eigenvalue weighted by Gasteiger charge is 2.03. The minimum atomic E-state index is 0.158. The van der Waals surface area contributed by atoms with Crippen molar-refractivity contribution >= 4 is 5.78 Å². The third-order valence-electron chi connectivity index (χ3n) is 1.79. The van der Waals surface area contributed by atoms with Crippen LogP contribution in [0.2, 0.25) is 0 Å². The standard InChI is InChI=1S/C11H13NO/c1-3-4-5-11(13)10-6-7-12-9(2)8-10/h3,6-8H,1,4-5H2,2H3. The van der Waals surface area contributed by atoms with Gasteiger partial charge in [-0.25, -0.2) is 0 Å². The molecule has 1 aromatic rings. The molecule has 0 atom stereocenters. The summed E-state index contributed by atoms with van der Waals surface area (Å²) >= 11 is 0. The quantitative estimate of drug-likeness (QED) is 0.520. The van der Waals surface area contributed by atoms with Crippen LogP contribution in [0.25, 0.3) is 0 Å². The summed E-state index contributed by atoms with van der Waals surface area (Å²) in [6.07, 6.45) is 4.69. The van der Waals surface area contributed by atoms with Gasteiger partial charge in [0.1, 0.15) is 0 Å². The van der Waals surface area contributed by atoms with Crippen molar-refractivity contribution in [3.8, 4) is 0 Å². The first-order chi connectivity index (χ1) is 6.24. The van der Waals surface area contributed by atoms with Gasteiger partial charge in [-0.1, -0.05) is 6.08 Å². The third-order valence-corrected chi connectivity index (χ3v) is 1.79. The molecule has 0 amide bonds. The molecule has 0 aliphatic rings. The number of hydrogen-bond donors (Lipinski definition) is 0. The summed E-state index contributed by atoms with van der Waals surface area (Å²) in [7, 11) is 0. The highest BCUT2D eigenvalue weighted by Crippen LogP contribution is 2.06. The Morgan fingerprint density at radius 3 is 3.08 bits per heavy atom. The van der Waals surface area contributed by atoms with Crippen LogP contribution in [0.3, 0.4) is 0 Å². The number of rotatable bonds is 4. The Balaban J connectivity index is 2.71. The van der Waals surface area contributed by atoms with Crippen LogP contribution in [0, 0.1) is 6.92 Å². The van der Waals surface area contributed by atoms with Crippen molar-refractivity contribution in [1.82, 2.24) is 4.98 Å². The van der Waals surface area contributed by atoms with Crippen molar-refractivity contribution in [2.45, 2.75) is 19.8 Å². The lowest BCUT2D eigenvalue weighted by Gasteiger charge is -1.99. The largest absolute Gasteiger partial charge is 0.294 e. The van der Waals surface area contributed by atoms with E-state index in [1.165, 1.54) is 0 Å². The molecular formula is C11H13NO. The topological polar surface area (TPSA) is 30.0 Å². The number of pyridine rings is 1. The minimum absolute atomic E-state index is 0.158. The summed E-state index contributed by atoms with van der Waals surface area (Å²) in [6, 6.07) is 3.56. The van der Waals surface area contributed by atoms with Gasteiger partial charge in [-0.15, -0.1) is 6.58 Å². The molecule has 0 N–H and O–H groups in total. The predicted octanol–water partition coefficient (Wildman–Crippen LogP) is 2.54. The Kier molecular flexibility index (Phi) is 3.38. The molecule has 0 spiro atoms. The molecule has 1 heterocycles. The molecule has 0 unspecified atom stereocenters. The Morgan fingerprint density at radius 1 is 1.69 bits per heavy atom. The molecule has 0 saturated carbocycles. The Bertz CT molecular complexity index is 318. The molecular weight excluding hydrogens is 162 g/mol. The minimum Gasteiger partial charge on any atom is -0.294 e. The third kappa shape index (κ3) is 2.82. The first-order valence-electron chi connectivity index (χ1n) is 4.31. The fraction of sp³-hybridized carbons (Fsp3) is 0.273. The van der Waals surface area contributed by atoms with Gasteiger partial charge in [0.05, 0.1) is 0 Å². The first kappa shape index (κ1) is 9.65.